The van der Waals surface area contributed by atoms with Gasteiger partial charge in [0.1, 0.15) is 17.5 Å². The van der Waals surface area contributed by atoms with Gasteiger partial charge in [-0.2, -0.15) is 5.26 Å². The van der Waals surface area contributed by atoms with Crippen molar-refractivity contribution in [1.29, 1.82) is 5.26 Å². The van der Waals surface area contributed by atoms with E-state index in [4.69, 9.17) is 5.26 Å². The van der Waals surface area contributed by atoms with Crippen LogP contribution in [0.25, 0.3) is 11.4 Å². The maximum Gasteiger partial charge on any atom is 0.269 e. The van der Waals surface area contributed by atoms with E-state index in [1.165, 1.54) is 6.20 Å². The molecule has 0 spiro atoms. The largest absolute Gasteiger partial charge is 0.305 e. The Bertz CT molecular complexity index is 629. The van der Waals surface area contributed by atoms with E-state index in [9.17, 15) is 4.79 Å². The van der Waals surface area contributed by atoms with Gasteiger partial charge in [-0.05, 0) is 22.0 Å². The Labute approximate surface area is 98.9 Å². The summed E-state index contributed by atoms with van der Waals surface area (Å²) in [6.07, 6.45) is 4.45. The number of nitrogens with zero attached hydrogens (tertiary/aromatic N) is 3. The Hall–Kier alpha value is -2.00. The van der Waals surface area contributed by atoms with Crippen LogP contribution in [-0.2, 0) is 0 Å². The molecule has 1 N–H and O–H groups in total. The quantitative estimate of drug-likeness (QED) is 0.855. The highest BCUT2D eigenvalue weighted by Crippen LogP contribution is 2.16. The molecule has 2 heterocycles. The minimum atomic E-state index is -0.451. The molecule has 0 unspecified atom stereocenters. The van der Waals surface area contributed by atoms with E-state index >= 15 is 0 Å². The maximum absolute atomic E-state index is 11.4. The van der Waals surface area contributed by atoms with Gasteiger partial charge in [0.25, 0.3) is 5.56 Å². The third-order valence-corrected chi connectivity index (χ3v) is 2.33. The van der Waals surface area contributed by atoms with Crippen LogP contribution in [0, 0.1) is 11.3 Å². The lowest BCUT2D eigenvalue weighted by molar-refractivity contribution is 1.10. The number of pyridine rings is 1. The molecule has 0 aliphatic rings. The van der Waals surface area contributed by atoms with Crippen LogP contribution < -0.4 is 5.56 Å². The third-order valence-electron chi connectivity index (χ3n) is 1.90. The molecule has 0 radical (unpaired) electrons. The zero-order valence-electron chi connectivity index (χ0n) is 7.94. The number of aromatic nitrogens is 3. The molecule has 0 saturated carbocycles. The molecule has 0 aliphatic heterocycles. The molecule has 0 bridgehead atoms. The van der Waals surface area contributed by atoms with E-state index in [-0.39, 0.29) is 5.56 Å². The van der Waals surface area contributed by atoms with Crippen LogP contribution in [0.3, 0.4) is 0 Å². The van der Waals surface area contributed by atoms with Crippen LogP contribution in [0.1, 0.15) is 5.56 Å². The van der Waals surface area contributed by atoms with Gasteiger partial charge in [-0.25, -0.2) is 4.98 Å². The summed E-state index contributed by atoms with van der Waals surface area (Å²) in [5.74, 6) is 0.387. The summed E-state index contributed by atoms with van der Waals surface area (Å²) in [5, 5.41) is 8.59. The van der Waals surface area contributed by atoms with E-state index in [1.54, 1.807) is 24.5 Å². The number of H-pyrrole nitrogens is 1. The average molecular weight is 277 g/mol. The number of nitrogens with one attached hydrogen (secondary N) is 1. The van der Waals surface area contributed by atoms with Crippen LogP contribution in [-0.4, -0.2) is 15.0 Å². The van der Waals surface area contributed by atoms with Crippen molar-refractivity contribution >= 4 is 15.9 Å². The zero-order valence-corrected chi connectivity index (χ0v) is 9.52. The van der Waals surface area contributed by atoms with Crippen molar-refractivity contribution in [2.45, 2.75) is 0 Å². The fraction of sp³-hybridized carbons (Fsp3) is 0. The first kappa shape index (κ1) is 10.5. The first-order valence-corrected chi connectivity index (χ1v) is 5.10. The number of hydrogen-bond acceptors (Lipinski definition) is 4. The van der Waals surface area contributed by atoms with Crippen LogP contribution in [0.2, 0.25) is 0 Å². The molecule has 2 aromatic heterocycles. The summed E-state index contributed by atoms with van der Waals surface area (Å²) < 4.78 is 0.789. The predicted octanol–water partition coefficient (Wildman–Crippen LogP) is 1.47. The highest BCUT2D eigenvalue weighted by molar-refractivity contribution is 9.10. The minimum absolute atomic E-state index is 0.00768. The summed E-state index contributed by atoms with van der Waals surface area (Å²) in [6.45, 7) is 0. The molecule has 2 aromatic rings. The second kappa shape index (κ2) is 4.24. The van der Waals surface area contributed by atoms with E-state index < -0.39 is 5.56 Å². The standard InChI is InChI=1S/C10H5BrN4O/c11-8-1-6(3-13-5-8)9-14-4-7(2-12)10(16)15-9/h1,3-5H,(H,14,15,16). The van der Waals surface area contributed by atoms with Crippen LogP contribution >= 0.6 is 15.9 Å². The first-order chi connectivity index (χ1) is 7.70. The molecule has 5 nitrogen and oxygen atoms in total. The third kappa shape index (κ3) is 1.99. The average Bonchev–Trinajstić information content (AvgIpc) is 2.29. The summed E-state index contributed by atoms with van der Waals surface area (Å²) in [6, 6.07) is 3.53. The lowest BCUT2D eigenvalue weighted by atomic mass is 10.2. The molecule has 16 heavy (non-hydrogen) atoms. The maximum atomic E-state index is 11.4. The first-order valence-electron chi connectivity index (χ1n) is 4.31. The van der Waals surface area contributed by atoms with E-state index in [2.05, 4.69) is 30.9 Å². The van der Waals surface area contributed by atoms with Crippen LogP contribution in [0.15, 0.2) is 33.9 Å². The molecular weight excluding hydrogens is 272 g/mol. The molecule has 0 aliphatic carbocycles. The van der Waals surface area contributed by atoms with Gasteiger partial charge < -0.3 is 4.98 Å². The van der Waals surface area contributed by atoms with Gasteiger partial charge in [0.05, 0.1) is 6.20 Å². The highest BCUT2D eigenvalue weighted by atomic mass is 79.9. The predicted molar refractivity (Wildman–Crippen MR) is 60.5 cm³/mol. The van der Waals surface area contributed by atoms with E-state index in [0.717, 1.165) is 4.47 Å². The number of nitriles is 1. The zero-order chi connectivity index (χ0) is 11.5. The SMILES string of the molecule is N#Cc1cnc(-c2cncc(Br)c2)[nH]c1=O. The smallest absolute Gasteiger partial charge is 0.269 e. The molecule has 0 amide bonds. The second-order valence-electron chi connectivity index (χ2n) is 2.98. The van der Waals surface area contributed by atoms with Gasteiger partial charge >= 0.3 is 0 Å². The van der Waals surface area contributed by atoms with Gasteiger partial charge in [0.15, 0.2) is 0 Å². The molecule has 2 rings (SSSR count). The summed E-state index contributed by atoms with van der Waals surface area (Å²) in [5.41, 5.74) is 0.218. The van der Waals surface area contributed by atoms with Crippen molar-refractivity contribution in [2.24, 2.45) is 0 Å². The summed E-state index contributed by atoms with van der Waals surface area (Å²) in [4.78, 5) is 21.8. The Morgan fingerprint density at radius 3 is 2.81 bits per heavy atom. The van der Waals surface area contributed by atoms with Crippen molar-refractivity contribution in [3.8, 4) is 17.5 Å². The molecule has 0 aromatic carbocycles. The second-order valence-corrected chi connectivity index (χ2v) is 3.89. The molecule has 6 heteroatoms. The molecule has 0 atom stereocenters. The lowest BCUT2D eigenvalue weighted by Gasteiger charge is -2.00. The van der Waals surface area contributed by atoms with Crippen molar-refractivity contribution in [3.63, 3.8) is 0 Å². The highest BCUT2D eigenvalue weighted by Gasteiger charge is 2.04. The van der Waals surface area contributed by atoms with Gasteiger partial charge in [0.2, 0.25) is 0 Å². The monoisotopic (exact) mass is 276 g/mol. The van der Waals surface area contributed by atoms with Gasteiger partial charge in [-0.1, -0.05) is 0 Å². The van der Waals surface area contributed by atoms with E-state index in [1.807, 2.05) is 0 Å². The van der Waals surface area contributed by atoms with Crippen molar-refractivity contribution < 1.29 is 0 Å². The Morgan fingerprint density at radius 1 is 1.38 bits per heavy atom. The number of rotatable bonds is 1. The number of halogens is 1. The lowest BCUT2D eigenvalue weighted by Crippen LogP contribution is -2.12. The van der Waals surface area contributed by atoms with Crippen molar-refractivity contribution in [3.05, 3.63) is 45.0 Å². The minimum Gasteiger partial charge on any atom is -0.305 e. The molecule has 0 fully saturated rings. The molecule has 0 saturated heterocycles. The Morgan fingerprint density at radius 2 is 2.19 bits per heavy atom. The fourth-order valence-corrected chi connectivity index (χ4v) is 1.53. The summed E-state index contributed by atoms with van der Waals surface area (Å²) in [7, 11) is 0. The molecule has 78 valence electrons. The molecular formula is C10H5BrN4O. The topological polar surface area (TPSA) is 82.4 Å². The van der Waals surface area contributed by atoms with E-state index in [0.29, 0.717) is 11.4 Å². The van der Waals surface area contributed by atoms with Gasteiger partial charge in [-0.15, -0.1) is 0 Å². The van der Waals surface area contributed by atoms with Crippen molar-refractivity contribution in [1.82, 2.24) is 15.0 Å². The van der Waals surface area contributed by atoms with Gasteiger partial charge in [0, 0.05) is 22.4 Å². The van der Waals surface area contributed by atoms with Gasteiger partial charge in [-0.3, -0.25) is 9.78 Å². The fourth-order valence-electron chi connectivity index (χ4n) is 1.16. The number of aromatic amines is 1. The summed E-state index contributed by atoms with van der Waals surface area (Å²) >= 11 is 3.27. The number of hydrogen-bond donors (Lipinski definition) is 1. The van der Waals surface area contributed by atoms with Crippen LogP contribution in [0.5, 0.6) is 0 Å². The van der Waals surface area contributed by atoms with Crippen LogP contribution in [0.4, 0.5) is 0 Å². The Kier molecular flexibility index (Phi) is 2.79. The van der Waals surface area contributed by atoms with Crippen molar-refractivity contribution in [2.75, 3.05) is 0 Å². The Balaban J connectivity index is 2.55. The normalized spacial score (nSPS) is 9.75.